The first-order chi connectivity index (χ1) is 15.1. The molecule has 0 amide bonds. The quantitative estimate of drug-likeness (QED) is 0.477. The van der Waals surface area contributed by atoms with E-state index in [1.54, 1.807) is 13.2 Å². The van der Waals surface area contributed by atoms with E-state index in [0.29, 0.717) is 11.8 Å². The number of rotatable bonds is 8. The summed E-state index contributed by atoms with van der Waals surface area (Å²) in [4.78, 5) is 9.96. The molecule has 1 fully saturated rings. The van der Waals surface area contributed by atoms with Gasteiger partial charge in [-0.2, -0.15) is 0 Å². The summed E-state index contributed by atoms with van der Waals surface area (Å²) in [5, 5.41) is 13.5. The van der Waals surface area contributed by atoms with Crippen LogP contribution < -0.4 is 10.1 Å². The third-order valence-electron chi connectivity index (χ3n) is 6.05. The molecule has 2 N–H and O–H groups in total. The fourth-order valence-corrected chi connectivity index (χ4v) is 5.12. The number of aromatic nitrogens is 1. The number of hydrogen-bond acceptors (Lipinski definition) is 6. The molecule has 1 aliphatic heterocycles. The monoisotopic (exact) mass is 437 g/mol. The Hall–Kier alpha value is -2.57. The number of anilines is 1. The van der Waals surface area contributed by atoms with Crippen molar-refractivity contribution < 1.29 is 9.84 Å². The average Bonchev–Trinajstić information content (AvgIpc) is 3.43. The molecular formula is C25H31N3O2S. The first-order valence-corrected chi connectivity index (χ1v) is 11.8. The largest absolute Gasteiger partial charge is 0.504 e. The molecule has 1 aliphatic rings. The lowest BCUT2D eigenvalue weighted by atomic mass is 10.1. The highest BCUT2D eigenvalue weighted by Crippen LogP contribution is 2.35. The highest BCUT2D eigenvalue weighted by Gasteiger charge is 2.20. The topological polar surface area (TPSA) is 57.6 Å². The summed E-state index contributed by atoms with van der Waals surface area (Å²) in [7, 11) is 3.78. The fraction of sp³-hybridized carbons (Fsp3) is 0.400. The zero-order valence-corrected chi connectivity index (χ0v) is 19.3. The van der Waals surface area contributed by atoms with Gasteiger partial charge in [0.1, 0.15) is 5.82 Å². The second kappa shape index (κ2) is 9.71. The maximum atomic E-state index is 9.98. The summed E-state index contributed by atoms with van der Waals surface area (Å²) in [5.41, 5.74) is 2.94. The van der Waals surface area contributed by atoms with Crippen LogP contribution in [0.4, 0.5) is 5.82 Å². The minimum absolute atomic E-state index is 0.132. The Morgan fingerprint density at radius 2 is 2.06 bits per heavy atom. The van der Waals surface area contributed by atoms with Crippen molar-refractivity contribution >= 4 is 17.2 Å². The van der Waals surface area contributed by atoms with Gasteiger partial charge in [-0.15, -0.1) is 11.3 Å². The maximum Gasteiger partial charge on any atom is 0.161 e. The van der Waals surface area contributed by atoms with Gasteiger partial charge in [-0.25, -0.2) is 4.98 Å². The van der Waals surface area contributed by atoms with Crippen LogP contribution in [0.3, 0.4) is 0 Å². The molecular weight excluding hydrogens is 406 g/mol. The molecule has 164 valence electrons. The van der Waals surface area contributed by atoms with Crippen molar-refractivity contribution in [1.82, 2.24) is 9.88 Å². The number of benzene rings is 1. The van der Waals surface area contributed by atoms with Gasteiger partial charge in [0.15, 0.2) is 11.5 Å². The minimum Gasteiger partial charge on any atom is -0.504 e. The summed E-state index contributed by atoms with van der Waals surface area (Å²) in [5.74, 6) is 1.46. The second-order valence-electron chi connectivity index (χ2n) is 8.12. The van der Waals surface area contributed by atoms with Gasteiger partial charge >= 0.3 is 0 Å². The number of ether oxygens (including phenoxy) is 1. The van der Waals surface area contributed by atoms with Gasteiger partial charge < -0.3 is 20.1 Å². The van der Waals surface area contributed by atoms with E-state index in [-0.39, 0.29) is 5.75 Å². The maximum absolute atomic E-state index is 9.98. The molecule has 6 heteroatoms. The van der Waals surface area contributed by atoms with E-state index < -0.39 is 0 Å². The number of aromatic hydroxyl groups is 1. The molecule has 0 spiro atoms. The Morgan fingerprint density at radius 1 is 1.19 bits per heavy atom. The Labute approximate surface area is 188 Å². The number of likely N-dealkylation sites (tertiary alicyclic amines) is 1. The molecule has 1 saturated heterocycles. The number of nitrogens with zero attached hydrogens (tertiary/aromatic N) is 2. The molecule has 1 atom stereocenters. The Kier molecular flexibility index (Phi) is 6.78. The van der Waals surface area contributed by atoms with Crippen LogP contribution in [0.25, 0.3) is 21.7 Å². The molecule has 3 aromatic rings. The zero-order chi connectivity index (χ0) is 21.8. The summed E-state index contributed by atoms with van der Waals surface area (Å²) in [6, 6.07) is 14.7. The molecule has 1 unspecified atom stereocenters. The van der Waals surface area contributed by atoms with Gasteiger partial charge in [0, 0.05) is 27.9 Å². The van der Waals surface area contributed by atoms with E-state index >= 15 is 0 Å². The number of nitrogens with one attached hydrogen (secondary N) is 1. The third-order valence-corrected chi connectivity index (χ3v) is 7.33. The molecule has 0 bridgehead atoms. The number of thiophene rings is 1. The van der Waals surface area contributed by atoms with Crippen LogP contribution in [0.5, 0.6) is 11.5 Å². The van der Waals surface area contributed by atoms with Gasteiger partial charge in [0.2, 0.25) is 0 Å². The molecule has 0 aliphatic carbocycles. The summed E-state index contributed by atoms with van der Waals surface area (Å²) < 4.78 is 5.31. The normalized spacial score (nSPS) is 16.5. The van der Waals surface area contributed by atoms with Crippen molar-refractivity contribution in [2.45, 2.75) is 38.6 Å². The number of pyridine rings is 1. The van der Waals surface area contributed by atoms with Crippen LogP contribution >= 0.6 is 11.3 Å². The van der Waals surface area contributed by atoms with Gasteiger partial charge in [-0.05, 0) is 87.3 Å². The van der Waals surface area contributed by atoms with Crippen LogP contribution in [0.15, 0.2) is 42.5 Å². The first kappa shape index (κ1) is 21.7. The highest BCUT2D eigenvalue weighted by atomic mass is 32.1. The van der Waals surface area contributed by atoms with Crippen molar-refractivity contribution in [2.24, 2.45) is 0 Å². The van der Waals surface area contributed by atoms with Crippen molar-refractivity contribution in [3.05, 3.63) is 47.3 Å². The molecule has 0 saturated carbocycles. The molecule has 1 aromatic carbocycles. The van der Waals surface area contributed by atoms with Gasteiger partial charge in [-0.3, -0.25) is 0 Å². The Balaban J connectivity index is 1.63. The van der Waals surface area contributed by atoms with Crippen LogP contribution in [-0.4, -0.2) is 48.3 Å². The molecule has 4 rings (SSSR count). The third kappa shape index (κ3) is 5.02. The van der Waals surface area contributed by atoms with Crippen LogP contribution in [0.2, 0.25) is 0 Å². The van der Waals surface area contributed by atoms with Gasteiger partial charge in [0.05, 0.1) is 12.8 Å². The number of hydrogen-bond donors (Lipinski definition) is 2. The number of phenols is 1. The molecule has 3 heterocycles. The predicted molar refractivity (Wildman–Crippen MR) is 129 cm³/mol. The predicted octanol–water partition coefficient (Wildman–Crippen LogP) is 5.65. The van der Waals surface area contributed by atoms with E-state index in [2.05, 4.69) is 48.5 Å². The lowest BCUT2D eigenvalue weighted by molar-refractivity contribution is 0.301. The average molecular weight is 438 g/mol. The number of aryl methyl sites for hydroxylation is 1. The lowest BCUT2D eigenvalue weighted by Gasteiger charge is -2.19. The van der Waals surface area contributed by atoms with E-state index in [0.717, 1.165) is 42.0 Å². The SMILES string of the molecule is CCc1ccc(-c2cc(NCCC3CCCN3C)nc(-c3ccc(O)c(OC)c3)c2)s1. The van der Waals surface area contributed by atoms with Crippen molar-refractivity contribution in [2.75, 3.05) is 32.6 Å². The minimum atomic E-state index is 0.132. The van der Waals surface area contributed by atoms with E-state index in [4.69, 9.17) is 9.72 Å². The standard InChI is InChI=1S/C25H31N3O2S/c1-4-20-8-10-24(31-20)18-14-21(17-7-9-22(29)23(15-17)30-3)27-25(16-18)26-12-11-19-6-5-13-28(19)2/h7-10,14-16,19,29H,4-6,11-13H2,1-3H3,(H,26,27). The lowest BCUT2D eigenvalue weighted by Crippen LogP contribution is -2.27. The smallest absolute Gasteiger partial charge is 0.161 e. The summed E-state index contributed by atoms with van der Waals surface area (Å²) >= 11 is 1.83. The van der Waals surface area contributed by atoms with Crippen molar-refractivity contribution in [3.8, 4) is 33.2 Å². The van der Waals surface area contributed by atoms with Crippen molar-refractivity contribution in [3.63, 3.8) is 0 Å². The zero-order valence-electron chi connectivity index (χ0n) is 18.5. The van der Waals surface area contributed by atoms with E-state index in [1.165, 1.54) is 29.1 Å². The van der Waals surface area contributed by atoms with Crippen LogP contribution in [-0.2, 0) is 6.42 Å². The highest BCUT2D eigenvalue weighted by molar-refractivity contribution is 7.15. The molecule has 0 radical (unpaired) electrons. The van der Waals surface area contributed by atoms with Gasteiger partial charge in [0.25, 0.3) is 0 Å². The van der Waals surface area contributed by atoms with Crippen LogP contribution in [0, 0.1) is 0 Å². The van der Waals surface area contributed by atoms with E-state index in [9.17, 15) is 5.11 Å². The summed E-state index contributed by atoms with van der Waals surface area (Å²) in [6.07, 6.45) is 4.72. The fourth-order valence-electron chi connectivity index (χ4n) is 4.18. The Morgan fingerprint density at radius 3 is 2.77 bits per heavy atom. The van der Waals surface area contributed by atoms with Crippen LogP contribution in [0.1, 0.15) is 31.1 Å². The molecule has 5 nitrogen and oxygen atoms in total. The second-order valence-corrected chi connectivity index (χ2v) is 9.29. The summed E-state index contributed by atoms with van der Waals surface area (Å²) in [6.45, 7) is 4.28. The van der Waals surface area contributed by atoms with Crippen molar-refractivity contribution in [1.29, 1.82) is 0 Å². The first-order valence-electron chi connectivity index (χ1n) is 11.0. The number of phenolic OH excluding ortho intramolecular Hbond substituents is 1. The molecule has 2 aromatic heterocycles. The Bertz CT molecular complexity index is 1030. The number of methoxy groups -OCH3 is 1. The molecule has 31 heavy (non-hydrogen) atoms. The van der Waals surface area contributed by atoms with Gasteiger partial charge in [-0.1, -0.05) is 6.92 Å². The van der Waals surface area contributed by atoms with E-state index in [1.807, 2.05) is 23.5 Å².